The highest BCUT2D eigenvalue weighted by Crippen LogP contribution is 2.13. The van der Waals surface area contributed by atoms with Gasteiger partial charge in [0.05, 0.1) is 11.8 Å². The summed E-state index contributed by atoms with van der Waals surface area (Å²) in [6, 6.07) is 3.88. The van der Waals surface area contributed by atoms with Gasteiger partial charge < -0.3 is 5.32 Å². The molecule has 1 aromatic carbocycles. The fraction of sp³-hybridized carbons (Fsp3) is 0.300. The number of sulfonamides is 1. The number of halogens is 1. The largest absolute Gasteiger partial charge is 0.351 e. The first kappa shape index (κ1) is 14.9. The molecule has 0 fully saturated rings. The van der Waals surface area contributed by atoms with Crippen molar-refractivity contribution in [2.45, 2.75) is 4.90 Å². The molecule has 0 aliphatic rings. The van der Waals surface area contributed by atoms with Crippen molar-refractivity contribution in [3.8, 4) is 0 Å². The van der Waals surface area contributed by atoms with E-state index >= 15 is 0 Å². The Balaban J connectivity index is 2.53. The summed E-state index contributed by atoms with van der Waals surface area (Å²) < 4.78 is 37.0. The van der Waals surface area contributed by atoms with Crippen molar-refractivity contribution >= 4 is 28.6 Å². The van der Waals surface area contributed by atoms with Crippen LogP contribution in [0.25, 0.3) is 0 Å². The van der Waals surface area contributed by atoms with Crippen LogP contribution in [0.4, 0.5) is 4.39 Å². The molecule has 2 N–H and O–H groups in total. The molecular weight excluding hydrogens is 279 g/mol. The molecule has 0 spiro atoms. The lowest BCUT2D eigenvalue weighted by Gasteiger charge is -2.07. The van der Waals surface area contributed by atoms with Gasteiger partial charge in [0.25, 0.3) is 5.91 Å². The van der Waals surface area contributed by atoms with Crippen LogP contribution >= 0.6 is 12.6 Å². The van der Waals surface area contributed by atoms with Gasteiger partial charge in [-0.15, -0.1) is 12.6 Å². The highest BCUT2D eigenvalue weighted by Gasteiger charge is 2.11. The van der Waals surface area contributed by atoms with E-state index in [1.165, 1.54) is 12.1 Å². The van der Waals surface area contributed by atoms with Crippen LogP contribution in [0, 0.1) is 5.82 Å². The normalized spacial score (nSPS) is 11.3. The van der Waals surface area contributed by atoms with E-state index in [1.807, 2.05) is 0 Å². The van der Waals surface area contributed by atoms with Gasteiger partial charge in [-0.05, 0) is 18.2 Å². The summed E-state index contributed by atoms with van der Waals surface area (Å²) in [6.45, 7) is 0.120. The maximum atomic E-state index is 13.3. The number of benzene rings is 1. The van der Waals surface area contributed by atoms with Crippen LogP contribution in [-0.2, 0) is 10.0 Å². The third-order valence-electron chi connectivity index (χ3n) is 1.97. The van der Waals surface area contributed by atoms with E-state index in [1.54, 1.807) is 0 Å². The lowest BCUT2D eigenvalue weighted by Crippen LogP contribution is -2.34. The molecule has 0 unspecified atom stereocenters. The Morgan fingerprint density at radius 2 is 2.06 bits per heavy atom. The van der Waals surface area contributed by atoms with Gasteiger partial charge in [-0.2, -0.15) is 0 Å². The van der Waals surface area contributed by atoms with E-state index in [4.69, 9.17) is 0 Å². The predicted molar refractivity (Wildman–Crippen MR) is 68.8 cm³/mol. The van der Waals surface area contributed by atoms with Crippen molar-refractivity contribution in [2.24, 2.45) is 0 Å². The Morgan fingerprint density at radius 1 is 1.39 bits per heavy atom. The molecule has 0 saturated carbocycles. The number of rotatable bonds is 5. The SMILES string of the molecule is CS(=O)(=O)NCCNC(=O)c1cc(S)ccc1F. The van der Waals surface area contributed by atoms with Crippen LogP contribution < -0.4 is 10.0 Å². The number of nitrogens with one attached hydrogen (secondary N) is 2. The zero-order valence-corrected chi connectivity index (χ0v) is 11.3. The first-order chi connectivity index (χ1) is 8.29. The quantitative estimate of drug-likeness (QED) is 0.543. The second kappa shape index (κ2) is 6.17. The lowest BCUT2D eigenvalue weighted by atomic mass is 10.2. The number of thiol groups is 1. The molecule has 0 aliphatic carbocycles. The molecule has 5 nitrogen and oxygen atoms in total. The van der Waals surface area contributed by atoms with Gasteiger partial charge in [-0.25, -0.2) is 17.5 Å². The average molecular weight is 292 g/mol. The number of hydrogen-bond acceptors (Lipinski definition) is 4. The van der Waals surface area contributed by atoms with E-state index in [9.17, 15) is 17.6 Å². The summed E-state index contributed by atoms with van der Waals surface area (Å²) in [6.07, 6.45) is 1.01. The highest BCUT2D eigenvalue weighted by molar-refractivity contribution is 7.88. The number of carbonyl (C=O) groups excluding carboxylic acids is 1. The van der Waals surface area contributed by atoms with E-state index in [2.05, 4.69) is 22.7 Å². The topological polar surface area (TPSA) is 75.3 Å². The van der Waals surface area contributed by atoms with Gasteiger partial charge >= 0.3 is 0 Å². The van der Waals surface area contributed by atoms with Gasteiger partial charge in [0.2, 0.25) is 10.0 Å². The maximum absolute atomic E-state index is 13.3. The first-order valence-electron chi connectivity index (χ1n) is 5.01. The van der Waals surface area contributed by atoms with Crippen LogP contribution in [0.1, 0.15) is 10.4 Å². The Morgan fingerprint density at radius 3 is 2.67 bits per heavy atom. The molecule has 0 radical (unpaired) electrons. The molecule has 8 heteroatoms. The van der Waals surface area contributed by atoms with Gasteiger partial charge in [0.1, 0.15) is 5.82 Å². The first-order valence-corrected chi connectivity index (χ1v) is 7.35. The molecule has 0 aromatic heterocycles. The smallest absolute Gasteiger partial charge is 0.254 e. The third kappa shape index (κ3) is 5.03. The standard InChI is InChI=1S/C10H13FN2O3S2/c1-18(15,16)13-5-4-12-10(14)8-6-7(17)2-3-9(8)11/h2-3,6,13,17H,4-5H2,1H3,(H,12,14). The molecule has 1 rings (SSSR count). The molecule has 100 valence electrons. The van der Waals surface area contributed by atoms with Gasteiger partial charge in [-0.3, -0.25) is 4.79 Å². The molecule has 0 bridgehead atoms. The van der Waals surface area contributed by atoms with Crippen molar-refractivity contribution < 1.29 is 17.6 Å². The number of hydrogen-bond donors (Lipinski definition) is 3. The lowest BCUT2D eigenvalue weighted by molar-refractivity contribution is 0.0950. The molecule has 1 aromatic rings. The second-order valence-corrected chi connectivity index (χ2v) is 5.94. The molecule has 0 saturated heterocycles. The minimum absolute atomic E-state index is 0.0484. The zero-order valence-electron chi connectivity index (χ0n) is 9.60. The van der Waals surface area contributed by atoms with Crippen molar-refractivity contribution in [3.63, 3.8) is 0 Å². The maximum Gasteiger partial charge on any atom is 0.254 e. The summed E-state index contributed by atoms with van der Waals surface area (Å²) in [5, 5.41) is 2.40. The molecule has 0 aliphatic heterocycles. The minimum Gasteiger partial charge on any atom is -0.351 e. The third-order valence-corrected chi connectivity index (χ3v) is 2.98. The molecular formula is C10H13FN2O3S2. The second-order valence-electron chi connectivity index (χ2n) is 3.59. The van der Waals surface area contributed by atoms with Crippen molar-refractivity contribution in [2.75, 3.05) is 19.3 Å². The van der Waals surface area contributed by atoms with Crippen LogP contribution in [0.15, 0.2) is 23.1 Å². The zero-order chi connectivity index (χ0) is 13.8. The van der Waals surface area contributed by atoms with Gasteiger partial charge in [0, 0.05) is 18.0 Å². The molecule has 1 amide bonds. The summed E-state index contributed by atoms with van der Waals surface area (Å²) in [7, 11) is -3.29. The van der Waals surface area contributed by atoms with Crippen LogP contribution in [0.3, 0.4) is 0 Å². The summed E-state index contributed by atoms with van der Waals surface area (Å²) >= 11 is 4.00. The average Bonchev–Trinajstić information content (AvgIpc) is 2.26. The van der Waals surface area contributed by atoms with Crippen molar-refractivity contribution in [1.82, 2.24) is 10.0 Å². The van der Waals surface area contributed by atoms with E-state index in [-0.39, 0.29) is 18.7 Å². The van der Waals surface area contributed by atoms with Gasteiger partial charge in [0.15, 0.2) is 0 Å². The number of amides is 1. The Hall–Kier alpha value is -1.12. The molecule has 0 atom stereocenters. The van der Waals surface area contributed by atoms with Crippen LogP contribution in [0.2, 0.25) is 0 Å². The monoisotopic (exact) mass is 292 g/mol. The summed E-state index contributed by atoms with van der Waals surface area (Å²) in [5.74, 6) is -1.26. The van der Waals surface area contributed by atoms with Gasteiger partial charge in [-0.1, -0.05) is 0 Å². The molecule has 0 heterocycles. The van der Waals surface area contributed by atoms with E-state index in [0.29, 0.717) is 4.90 Å². The van der Waals surface area contributed by atoms with Crippen LogP contribution in [0.5, 0.6) is 0 Å². The number of carbonyl (C=O) groups is 1. The van der Waals surface area contributed by atoms with E-state index in [0.717, 1.165) is 12.3 Å². The highest BCUT2D eigenvalue weighted by atomic mass is 32.2. The predicted octanol–water partition coefficient (Wildman–Crippen LogP) is 0.393. The minimum atomic E-state index is -3.29. The Labute approximate surface area is 110 Å². The Kier molecular flexibility index (Phi) is 5.12. The van der Waals surface area contributed by atoms with E-state index < -0.39 is 21.7 Å². The summed E-state index contributed by atoms with van der Waals surface area (Å²) in [4.78, 5) is 12.0. The fourth-order valence-electron chi connectivity index (χ4n) is 1.19. The fourth-order valence-corrected chi connectivity index (χ4v) is 1.87. The molecule has 18 heavy (non-hydrogen) atoms. The van der Waals surface area contributed by atoms with Crippen molar-refractivity contribution in [3.05, 3.63) is 29.6 Å². The van der Waals surface area contributed by atoms with Crippen LogP contribution in [-0.4, -0.2) is 33.7 Å². The summed E-state index contributed by atoms with van der Waals surface area (Å²) in [5.41, 5.74) is -0.123. The van der Waals surface area contributed by atoms with Crippen molar-refractivity contribution in [1.29, 1.82) is 0 Å². The Bertz CT molecular complexity index is 546.